The molecular formula is C21H26N8O2. The van der Waals surface area contributed by atoms with Crippen LogP contribution in [0.2, 0.25) is 0 Å². The first-order valence-corrected chi connectivity index (χ1v) is 10.7. The molecule has 162 valence electrons. The van der Waals surface area contributed by atoms with Crippen LogP contribution in [0.15, 0.2) is 24.8 Å². The Morgan fingerprint density at radius 1 is 1.26 bits per heavy atom. The molecule has 0 aromatic carbocycles. The number of aliphatic carboxylic acids is 1. The smallest absolute Gasteiger partial charge is 0.322 e. The van der Waals surface area contributed by atoms with Gasteiger partial charge in [0.25, 0.3) is 0 Å². The van der Waals surface area contributed by atoms with E-state index in [9.17, 15) is 4.79 Å². The first-order valence-electron chi connectivity index (χ1n) is 10.7. The standard InChI is InChI=1S/C21H26N8O2/c22-15(21(30)31)10-29-12-26-17-19(24-11-25-20(17)29)28-8-5-13(6-9-28)16-4-3-14-2-1-7-23-18(14)27-16/h3-4,11-13,15H,1-2,5-10,22H2,(H,23,27)(H,30,31). The van der Waals surface area contributed by atoms with Gasteiger partial charge in [0.2, 0.25) is 0 Å². The third-order valence-corrected chi connectivity index (χ3v) is 6.22. The number of carbonyl (C=O) groups is 1. The van der Waals surface area contributed by atoms with Gasteiger partial charge in [0.1, 0.15) is 18.2 Å². The second-order valence-electron chi connectivity index (χ2n) is 8.25. The highest BCUT2D eigenvalue weighted by molar-refractivity contribution is 5.83. The Bertz CT molecular complexity index is 1110. The number of anilines is 2. The van der Waals surface area contributed by atoms with E-state index in [1.807, 2.05) is 0 Å². The molecular weight excluding hydrogens is 396 g/mol. The van der Waals surface area contributed by atoms with Crippen molar-refractivity contribution in [3.8, 4) is 0 Å². The fourth-order valence-corrected chi connectivity index (χ4v) is 4.48. The van der Waals surface area contributed by atoms with Crippen molar-refractivity contribution >= 4 is 28.8 Å². The molecule has 3 aromatic heterocycles. The number of piperidine rings is 1. The quantitative estimate of drug-likeness (QED) is 0.557. The summed E-state index contributed by atoms with van der Waals surface area (Å²) >= 11 is 0. The Morgan fingerprint density at radius 2 is 2.10 bits per heavy atom. The molecule has 3 aromatic rings. The lowest BCUT2D eigenvalue weighted by Gasteiger charge is -2.33. The number of fused-ring (bicyclic) bond motifs is 2. The monoisotopic (exact) mass is 422 g/mol. The summed E-state index contributed by atoms with van der Waals surface area (Å²) in [6, 6.07) is 3.39. The molecule has 5 rings (SSSR count). The van der Waals surface area contributed by atoms with Crippen LogP contribution in [0.1, 0.15) is 36.4 Å². The summed E-state index contributed by atoms with van der Waals surface area (Å²) in [6.07, 6.45) is 7.33. The van der Waals surface area contributed by atoms with Gasteiger partial charge in [-0.05, 0) is 37.3 Å². The zero-order valence-corrected chi connectivity index (χ0v) is 17.2. The molecule has 1 atom stereocenters. The summed E-state index contributed by atoms with van der Waals surface area (Å²) in [5.41, 5.74) is 9.43. The molecule has 1 saturated heterocycles. The number of nitrogens with two attached hydrogens (primary N) is 1. The second kappa shape index (κ2) is 8.10. The van der Waals surface area contributed by atoms with Gasteiger partial charge in [0.05, 0.1) is 12.9 Å². The van der Waals surface area contributed by atoms with Crippen molar-refractivity contribution in [2.75, 3.05) is 29.9 Å². The molecule has 0 radical (unpaired) electrons. The highest BCUT2D eigenvalue weighted by atomic mass is 16.4. The van der Waals surface area contributed by atoms with Gasteiger partial charge in [-0.2, -0.15) is 0 Å². The molecule has 2 aliphatic rings. The van der Waals surface area contributed by atoms with Crippen molar-refractivity contribution in [3.63, 3.8) is 0 Å². The zero-order chi connectivity index (χ0) is 21.4. The Kier molecular flexibility index (Phi) is 5.14. The fraction of sp³-hybridized carbons (Fsp3) is 0.476. The predicted molar refractivity (Wildman–Crippen MR) is 116 cm³/mol. The van der Waals surface area contributed by atoms with E-state index in [0.29, 0.717) is 17.1 Å². The average molecular weight is 422 g/mol. The summed E-state index contributed by atoms with van der Waals surface area (Å²) < 4.78 is 1.68. The molecule has 0 amide bonds. The molecule has 5 heterocycles. The Labute approximate surface area is 179 Å². The maximum absolute atomic E-state index is 11.1. The molecule has 10 nitrogen and oxygen atoms in total. The summed E-state index contributed by atoms with van der Waals surface area (Å²) in [6.45, 7) is 2.81. The van der Waals surface area contributed by atoms with Crippen LogP contribution in [0, 0.1) is 0 Å². The molecule has 10 heteroatoms. The molecule has 0 spiro atoms. The maximum atomic E-state index is 11.1. The number of aryl methyl sites for hydroxylation is 1. The zero-order valence-electron chi connectivity index (χ0n) is 17.2. The predicted octanol–water partition coefficient (Wildman–Crippen LogP) is 1.38. The van der Waals surface area contributed by atoms with E-state index in [0.717, 1.165) is 62.6 Å². The summed E-state index contributed by atoms with van der Waals surface area (Å²) in [7, 11) is 0. The van der Waals surface area contributed by atoms with Gasteiger partial charge >= 0.3 is 5.97 Å². The van der Waals surface area contributed by atoms with E-state index in [4.69, 9.17) is 15.8 Å². The van der Waals surface area contributed by atoms with Crippen molar-refractivity contribution < 1.29 is 9.90 Å². The summed E-state index contributed by atoms with van der Waals surface area (Å²) in [5, 5.41) is 12.5. The van der Waals surface area contributed by atoms with Crippen LogP contribution in [-0.2, 0) is 17.8 Å². The second-order valence-corrected chi connectivity index (χ2v) is 8.25. The van der Waals surface area contributed by atoms with Crippen molar-refractivity contribution in [2.45, 2.75) is 44.2 Å². The minimum Gasteiger partial charge on any atom is -0.480 e. The fourth-order valence-electron chi connectivity index (χ4n) is 4.48. The van der Waals surface area contributed by atoms with Gasteiger partial charge < -0.3 is 25.6 Å². The number of carboxylic acids is 1. The van der Waals surface area contributed by atoms with E-state index in [2.05, 4.69) is 37.3 Å². The van der Waals surface area contributed by atoms with Crippen molar-refractivity contribution in [1.82, 2.24) is 24.5 Å². The molecule has 0 aliphatic carbocycles. The van der Waals surface area contributed by atoms with Crippen LogP contribution in [0.5, 0.6) is 0 Å². The van der Waals surface area contributed by atoms with E-state index in [-0.39, 0.29) is 6.54 Å². The van der Waals surface area contributed by atoms with Gasteiger partial charge in [-0.15, -0.1) is 0 Å². The number of rotatable bonds is 5. The topological polar surface area (TPSA) is 135 Å². The van der Waals surface area contributed by atoms with Crippen LogP contribution in [0.25, 0.3) is 11.2 Å². The van der Waals surface area contributed by atoms with Gasteiger partial charge in [-0.1, -0.05) is 6.07 Å². The van der Waals surface area contributed by atoms with E-state index in [1.54, 1.807) is 10.9 Å². The van der Waals surface area contributed by atoms with E-state index < -0.39 is 12.0 Å². The summed E-state index contributed by atoms with van der Waals surface area (Å²) in [4.78, 5) is 31.5. The lowest BCUT2D eigenvalue weighted by molar-refractivity contribution is -0.138. The highest BCUT2D eigenvalue weighted by Gasteiger charge is 2.26. The van der Waals surface area contributed by atoms with Crippen molar-refractivity contribution in [3.05, 3.63) is 36.0 Å². The number of nitrogens with one attached hydrogen (secondary N) is 1. The number of nitrogens with zero attached hydrogens (tertiary/aromatic N) is 6. The van der Waals surface area contributed by atoms with Crippen LogP contribution < -0.4 is 16.0 Å². The number of aromatic nitrogens is 5. The molecule has 4 N–H and O–H groups in total. The normalized spacial score (nSPS) is 17.9. The van der Waals surface area contributed by atoms with Crippen molar-refractivity contribution in [2.24, 2.45) is 5.73 Å². The van der Waals surface area contributed by atoms with Gasteiger partial charge in [0, 0.05) is 31.2 Å². The molecule has 31 heavy (non-hydrogen) atoms. The third kappa shape index (κ3) is 3.78. The minimum absolute atomic E-state index is 0.113. The lowest BCUT2D eigenvalue weighted by atomic mass is 9.92. The third-order valence-electron chi connectivity index (χ3n) is 6.22. The summed E-state index contributed by atoms with van der Waals surface area (Å²) in [5.74, 6) is 1.21. The first-order chi connectivity index (χ1) is 15.1. The molecule has 0 saturated carbocycles. The Morgan fingerprint density at radius 3 is 2.90 bits per heavy atom. The van der Waals surface area contributed by atoms with Gasteiger partial charge in [0.15, 0.2) is 17.0 Å². The largest absolute Gasteiger partial charge is 0.480 e. The number of hydrogen-bond donors (Lipinski definition) is 3. The number of imidazole rings is 1. The first kappa shape index (κ1) is 19.7. The molecule has 0 bridgehead atoms. The molecule has 2 aliphatic heterocycles. The van der Waals surface area contributed by atoms with Crippen LogP contribution >= 0.6 is 0 Å². The van der Waals surface area contributed by atoms with Crippen LogP contribution in [0.4, 0.5) is 11.6 Å². The molecule has 1 unspecified atom stereocenters. The maximum Gasteiger partial charge on any atom is 0.322 e. The highest BCUT2D eigenvalue weighted by Crippen LogP contribution is 2.32. The number of hydrogen-bond acceptors (Lipinski definition) is 8. The van der Waals surface area contributed by atoms with Crippen molar-refractivity contribution in [1.29, 1.82) is 0 Å². The molecule has 1 fully saturated rings. The Hall–Kier alpha value is -3.27. The van der Waals surface area contributed by atoms with Gasteiger partial charge in [-0.25, -0.2) is 19.9 Å². The average Bonchev–Trinajstić information content (AvgIpc) is 3.21. The number of pyridine rings is 1. The SMILES string of the molecule is NC(Cn1cnc2c(N3CCC(c4ccc5c(n4)NCCC5)CC3)ncnc21)C(=O)O. The lowest BCUT2D eigenvalue weighted by Crippen LogP contribution is -2.35. The van der Waals surface area contributed by atoms with Gasteiger partial charge in [-0.3, -0.25) is 4.79 Å². The van der Waals surface area contributed by atoms with Crippen LogP contribution in [-0.4, -0.2) is 61.3 Å². The minimum atomic E-state index is -1.05. The van der Waals surface area contributed by atoms with E-state index >= 15 is 0 Å². The number of carboxylic acid groups (broad SMARTS) is 1. The van der Waals surface area contributed by atoms with E-state index in [1.165, 1.54) is 11.9 Å². The Balaban J connectivity index is 1.31. The van der Waals surface area contributed by atoms with Crippen LogP contribution in [0.3, 0.4) is 0 Å².